The normalized spacial score (nSPS) is 38.3. The summed E-state index contributed by atoms with van der Waals surface area (Å²) in [5, 5.41) is 13.3. The van der Waals surface area contributed by atoms with Gasteiger partial charge in [-0.25, -0.2) is 4.79 Å². The molecule has 0 atom stereocenters. The minimum atomic E-state index is -0.987. The number of carboxylic acid groups (broad SMARTS) is 1. The third-order valence-electron chi connectivity index (χ3n) is 5.84. The standard InChI is InChI=1S/C15H21N3O2/c16-14-13(15(19)20)7-18(17-14)6-12-10-2-8-1-9(4-10)5-11(12)3-8/h7-12H,1-6H2,(H2,16,17)(H,19,20). The van der Waals surface area contributed by atoms with Crippen molar-refractivity contribution in [1.82, 2.24) is 9.78 Å². The molecule has 0 unspecified atom stereocenters. The molecule has 4 fully saturated rings. The smallest absolute Gasteiger partial charge is 0.341 e. The lowest BCUT2D eigenvalue weighted by atomic mass is 9.52. The summed E-state index contributed by atoms with van der Waals surface area (Å²) in [6.45, 7) is 0.840. The second-order valence-corrected chi connectivity index (χ2v) is 7.05. The van der Waals surface area contributed by atoms with Gasteiger partial charge < -0.3 is 10.8 Å². The van der Waals surface area contributed by atoms with E-state index >= 15 is 0 Å². The molecular weight excluding hydrogens is 254 g/mol. The lowest BCUT2D eigenvalue weighted by Crippen LogP contribution is -2.46. The van der Waals surface area contributed by atoms with E-state index in [4.69, 9.17) is 10.8 Å². The largest absolute Gasteiger partial charge is 0.477 e. The highest BCUT2D eigenvalue weighted by molar-refractivity contribution is 5.92. The van der Waals surface area contributed by atoms with E-state index < -0.39 is 5.97 Å². The Labute approximate surface area is 118 Å². The highest BCUT2D eigenvalue weighted by Gasteiger charge is 2.48. The Kier molecular flexibility index (Phi) is 2.59. The Bertz CT molecular complexity index is 523. The van der Waals surface area contributed by atoms with Crippen molar-refractivity contribution in [2.75, 3.05) is 5.73 Å². The molecule has 5 rings (SSSR count). The van der Waals surface area contributed by atoms with Crippen molar-refractivity contribution in [3.8, 4) is 0 Å². The number of nitrogen functional groups attached to an aromatic ring is 1. The predicted octanol–water partition coefficient (Wildman–Crippen LogP) is 2.24. The van der Waals surface area contributed by atoms with Crippen molar-refractivity contribution in [2.45, 2.75) is 38.6 Å². The van der Waals surface area contributed by atoms with Crippen LogP contribution in [0.1, 0.15) is 42.5 Å². The van der Waals surface area contributed by atoms with Gasteiger partial charge in [0.2, 0.25) is 0 Å². The minimum absolute atomic E-state index is 0.133. The number of nitrogens with two attached hydrogens (primary N) is 1. The third-order valence-corrected chi connectivity index (χ3v) is 5.84. The fourth-order valence-electron chi connectivity index (χ4n) is 5.25. The maximum atomic E-state index is 11.0. The van der Waals surface area contributed by atoms with Crippen molar-refractivity contribution >= 4 is 11.8 Å². The van der Waals surface area contributed by atoms with Crippen LogP contribution in [0, 0.1) is 29.6 Å². The average Bonchev–Trinajstić information content (AvgIpc) is 2.74. The van der Waals surface area contributed by atoms with E-state index in [1.54, 1.807) is 10.9 Å². The van der Waals surface area contributed by atoms with E-state index in [1.807, 2.05) is 0 Å². The predicted molar refractivity (Wildman–Crippen MR) is 74.1 cm³/mol. The van der Waals surface area contributed by atoms with Gasteiger partial charge in [0.1, 0.15) is 5.56 Å². The van der Waals surface area contributed by atoms with Gasteiger partial charge in [0.15, 0.2) is 5.82 Å². The molecule has 108 valence electrons. The number of anilines is 1. The molecular formula is C15H21N3O2. The first-order chi connectivity index (χ1) is 9.60. The summed E-state index contributed by atoms with van der Waals surface area (Å²) in [7, 11) is 0. The Hall–Kier alpha value is -1.52. The van der Waals surface area contributed by atoms with Crippen LogP contribution in [0.25, 0.3) is 0 Å². The number of nitrogens with zero attached hydrogens (tertiary/aromatic N) is 2. The van der Waals surface area contributed by atoms with Crippen LogP contribution in [0.5, 0.6) is 0 Å². The summed E-state index contributed by atoms with van der Waals surface area (Å²) in [6.07, 6.45) is 8.56. The first-order valence-electron chi connectivity index (χ1n) is 7.66. The average molecular weight is 275 g/mol. The first kappa shape index (κ1) is 12.2. The van der Waals surface area contributed by atoms with Crippen LogP contribution < -0.4 is 5.73 Å². The number of aromatic carboxylic acids is 1. The van der Waals surface area contributed by atoms with Crippen LogP contribution >= 0.6 is 0 Å². The molecule has 0 aromatic carbocycles. The van der Waals surface area contributed by atoms with Crippen LogP contribution in [0.4, 0.5) is 5.82 Å². The molecule has 0 spiro atoms. The van der Waals surface area contributed by atoms with Crippen LogP contribution in [-0.4, -0.2) is 20.9 Å². The first-order valence-corrected chi connectivity index (χ1v) is 7.66. The van der Waals surface area contributed by atoms with E-state index in [0.29, 0.717) is 5.92 Å². The van der Waals surface area contributed by atoms with E-state index in [-0.39, 0.29) is 11.4 Å². The second kappa shape index (κ2) is 4.24. The molecule has 4 saturated carbocycles. The van der Waals surface area contributed by atoms with Gasteiger partial charge in [-0.3, -0.25) is 4.68 Å². The number of carboxylic acids is 1. The van der Waals surface area contributed by atoms with Crippen LogP contribution in [-0.2, 0) is 6.54 Å². The molecule has 4 aliphatic rings. The van der Waals surface area contributed by atoms with Gasteiger partial charge in [-0.05, 0) is 61.7 Å². The molecule has 0 saturated heterocycles. The van der Waals surface area contributed by atoms with Crippen molar-refractivity contribution in [3.05, 3.63) is 11.8 Å². The Morgan fingerprint density at radius 2 is 1.85 bits per heavy atom. The highest BCUT2D eigenvalue weighted by Crippen LogP contribution is 2.56. The summed E-state index contributed by atoms with van der Waals surface area (Å²) < 4.78 is 1.77. The minimum Gasteiger partial charge on any atom is -0.477 e. The lowest BCUT2D eigenvalue weighted by Gasteiger charge is -2.54. The van der Waals surface area contributed by atoms with Gasteiger partial charge >= 0.3 is 5.97 Å². The number of carbonyl (C=O) groups is 1. The maximum Gasteiger partial charge on any atom is 0.341 e. The van der Waals surface area contributed by atoms with Gasteiger partial charge in [-0.15, -0.1) is 0 Å². The quantitative estimate of drug-likeness (QED) is 0.886. The molecule has 5 nitrogen and oxygen atoms in total. The van der Waals surface area contributed by atoms with Crippen LogP contribution in [0.2, 0.25) is 0 Å². The number of hydrogen-bond donors (Lipinski definition) is 2. The highest BCUT2D eigenvalue weighted by atomic mass is 16.4. The Morgan fingerprint density at radius 3 is 2.35 bits per heavy atom. The molecule has 0 aliphatic heterocycles. The SMILES string of the molecule is Nc1nn(CC2C3CC4CC(C3)CC2C4)cc1C(=O)O. The van der Waals surface area contributed by atoms with E-state index in [2.05, 4.69) is 5.10 Å². The second-order valence-electron chi connectivity index (χ2n) is 7.05. The van der Waals surface area contributed by atoms with Gasteiger partial charge in [-0.1, -0.05) is 0 Å². The molecule has 0 amide bonds. The van der Waals surface area contributed by atoms with Crippen LogP contribution in [0.15, 0.2) is 6.20 Å². The van der Waals surface area contributed by atoms with E-state index in [1.165, 1.54) is 32.1 Å². The fourth-order valence-corrected chi connectivity index (χ4v) is 5.25. The van der Waals surface area contributed by atoms with Crippen molar-refractivity contribution in [3.63, 3.8) is 0 Å². The molecule has 4 bridgehead atoms. The summed E-state index contributed by atoms with van der Waals surface area (Å²) in [5.41, 5.74) is 5.81. The molecule has 1 heterocycles. The van der Waals surface area contributed by atoms with Gasteiger partial charge in [0.25, 0.3) is 0 Å². The Balaban J connectivity index is 1.54. The molecule has 0 radical (unpaired) electrons. The van der Waals surface area contributed by atoms with Crippen LogP contribution in [0.3, 0.4) is 0 Å². The zero-order valence-electron chi connectivity index (χ0n) is 11.5. The molecule has 1 aromatic heterocycles. The monoisotopic (exact) mass is 275 g/mol. The zero-order valence-corrected chi connectivity index (χ0v) is 11.5. The van der Waals surface area contributed by atoms with Crippen molar-refractivity contribution in [1.29, 1.82) is 0 Å². The lowest BCUT2D eigenvalue weighted by molar-refractivity contribution is -0.0442. The van der Waals surface area contributed by atoms with Gasteiger partial charge in [0.05, 0.1) is 0 Å². The zero-order chi connectivity index (χ0) is 13.9. The molecule has 5 heteroatoms. The van der Waals surface area contributed by atoms with E-state index in [0.717, 1.165) is 30.2 Å². The fraction of sp³-hybridized carbons (Fsp3) is 0.733. The molecule has 20 heavy (non-hydrogen) atoms. The van der Waals surface area contributed by atoms with Gasteiger partial charge in [-0.2, -0.15) is 5.10 Å². The van der Waals surface area contributed by atoms with E-state index in [9.17, 15) is 4.79 Å². The number of aromatic nitrogens is 2. The van der Waals surface area contributed by atoms with Crippen molar-refractivity contribution in [2.24, 2.45) is 29.6 Å². The Morgan fingerprint density at radius 1 is 1.25 bits per heavy atom. The molecule has 3 N–H and O–H groups in total. The maximum absolute atomic E-state index is 11.0. The topological polar surface area (TPSA) is 81.1 Å². The summed E-state index contributed by atoms with van der Waals surface area (Å²) in [5.74, 6) is 3.40. The molecule has 4 aliphatic carbocycles. The molecule has 1 aromatic rings. The van der Waals surface area contributed by atoms with Crippen molar-refractivity contribution < 1.29 is 9.90 Å². The van der Waals surface area contributed by atoms with Gasteiger partial charge in [0, 0.05) is 12.7 Å². The number of hydrogen-bond acceptors (Lipinski definition) is 3. The third kappa shape index (κ3) is 1.83. The summed E-state index contributed by atoms with van der Waals surface area (Å²) >= 11 is 0. The summed E-state index contributed by atoms with van der Waals surface area (Å²) in [4.78, 5) is 11.0. The number of rotatable bonds is 3. The summed E-state index contributed by atoms with van der Waals surface area (Å²) in [6, 6.07) is 0.